The molecule has 2 aromatic carbocycles. The average Bonchev–Trinajstić information content (AvgIpc) is 3.41. The SMILES string of the molecule is CCS(=O)(=O)c1ccc([C@H](CO)NC(=O)c2ccc(N3CC(Oc4ccc(C(F)(F)F)cc4)C[C@H]3COCC(F)(F)F)nc2)cc1. The molecule has 0 bridgehead atoms. The highest BCUT2D eigenvalue weighted by atomic mass is 32.2. The lowest BCUT2D eigenvalue weighted by atomic mass is 10.1. The van der Waals surface area contributed by atoms with E-state index in [0.717, 1.165) is 24.3 Å². The Morgan fingerprint density at radius 2 is 1.72 bits per heavy atom. The van der Waals surface area contributed by atoms with Crippen molar-refractivity contribution in [1.82, 2.24) is 10.3 Å². The number of nitrogens with zero attached hydrogens (tertiary/aromatic N) is 2. The van der Waals surface area contributed by atoms with E-state index >= 15 is 0 Å². The second kappa shape index (κ2) is 14.3. The van der Waals surface area contributed by atoms with E-state index in [4.69, 9.17) is 9.47 Å². The molecule has 0 aliphatic carbocycles. The highest BCUT2D eigenvalue weighted by molar-refractivity contribution is 7.91. The summed E-state index contributed by atoms with van der Waals surface area (Å²) in [5.74, 6) is -0.239. The maximum absolute atomic E-state index is 12.9. The van der Waals surface area contributed by atoms with Crippen LogP contribution in [0.15, 0.2) is 71.8 Å². The quantitative estimate of drug-likeness (QED) is 0.259. The number of nitrogens with one attached hydrogen (secondary N) is 1. The third kappa shape index (κ3) is 9.10. The first-order chi connectivity index (χ1) is 21.6. The van der Waals surface area contributed by atoms with Crippen LogP contribution in [0.25, 0.3) is 0 Å². The van der Waals surface area contributed by atoms with Crippen LogP contribution >= 0.6 is 0 Å². The molecule has 2 heterocycles. The summed E-state index contributed by atoms with van der Waals surface area (Å²) in [7, 11) is -3.43. The van der Waals surface area contributed by atoms with Gasteiger partial charge in [-0.05, 0) is 54.1 Å². The molecule has 1 fully saturated rings. The van der Waals surface area contributed by atoms with Crippen molar-refractivity contribution < 1.29 is 54.1 Å². The van der Waals surface area contributed by atoms with Crippen molar-refractivity contribution in [2.24, 2.45) is 0 Å². The third-order valence-electron chi connectivity index (χ3n) is 7.25. The van der Waals surface area contributed by atoms with E-state index in [9.17, 15) is 44.7 Å². The van der Waals surface area contributed by atoms with Crippen LogP contribution in [0.4, 0.5) is 32.2 Å². The number of halogens is 6. The van der Waals surface area contributed by atoms with Gasteiger partial charge in [0.05, 0.1) is 53.6 Å². The Balaban J connectivity index is 1.45. The molecule has 0 spiro atoms. The summed E-state index contributed by atoms with van der Waals surface area (Å²) >= 11 is 0. The van der Waals surface area contributed by atoms with Crippen molar-refractivity contribution >= 4 is 21.6 Å². The largest absolute Gasteiger partial charge is 0.489 e. The summed E-state index contributed by atoms with van der Waals surface area (Å²) in [6.45, 7) is -0.661. The minimum atomic E-state index is -4.55. The molecule has 1 aliphatic rings. The molecule has 1 aliphatic heterocycles. The molecule has 4 rings (SSSR count). The number of aliphatic hydroxyl groups excluding tert-OH is 1. The van der Waals surface area contributed by atoms with Crippen LogP contribution in [0.3, 0.4) is 0 Å². The number of carbonyl (C=O) groups excluding carboxylic acids is 1. The highest BCUT2D eigenvalue weighted by Crippen LogP contribution is 2.32. The van der Waals surface area contributed by atoms with Gasteiger partial charge in [0.1, 0.15) is 24.3 Å². The van der Waals surface area contributed by atoms with E-state index in [1.54, 1.807) is 4.90 Å². The van der Waals surface area contributed by atoms with Crippen LogP contribution in [-0.4, -0.2) is 74.9 Å². The summed E-state index contributed by atoms with van der Waals surface area (Å²) in [5.41, 5.74) is -0.285. The summed E-state index contributed by atoms with van der Waals surface area (Å²) in [4.78, 5) is 19.0. The molecule has 1 saturated heterocycles. The topological polar surface area (TPSA) is 118 Å². The van der Waals surface area contributed by atoms with E-state index in [-0.39, 0.29) is 41.5 Å². The molecule has 1 aromatic heterocycles. The molecule has 3 atom stereocenters. The number of sulfone groups is 1. The number of carbonyl (C=O) groups is 1. The van der Waals surface area contributed by atoms with Crippen molar-refractivity contribution in [2.45, 2.75) is 48.8 Å². The zero-order chi connectivity index (χ0) is 33.7. The molecular formula is C30H31F6N3O6S. The van der Waals surface area contributed by atoms with Gasteiger partial charge in [-0.25, -0.2) is 13.4 Å². The fraction of sp³-hybridized carbons (Fsp3) is 0.400. The van der Waals surface area contributed by atoms with Crippen LogP contribution in [0.5, 0.6) is 5.75 Å². The van der Waals surface area contributed by atoms with Gasteiger partial charge in [0.2, 0.25) is 0 Å². The predicted octanol–water partition coefficient (Wildman–Crippen LogP) is 4.96. The van der Waals surface area contributed by atoms with Gasteiger partial charge in [0.25, 0.3) is 5.91 Å². The molecular weight excluding hydrogens is 644 g/mol. The van der Waals surface area contributed by atoms with Crippen LogP contribution in [0.1, 0.15) is 40.9 Å². The maximum Gasteiger partial charge on any atom is 0.416 e. The van der Waals surface area contributed by atoms with Crippen molar-refractivity contribution in [3.63, 3.8) is 0 Å². The Kier molecular flexibility index (Phi) is 10.8. The monoisotopic (exact) mass is 675 g/mol. The Bertz CT molecular complexity index is 1570. The molecule has 3 aromatic rings. The number of hydrogen-bond acceptors (Lipinski definition) is 8. The van der Waals surface area contributed by atoms with Crippen LogP contribution in [0, 0.1) is 0 Å². The molecule has 250 valence electrons. The lowest BCUT2D eigenvalue weighted by molar-refractivity contribution is -0.174. The van der Waals surface area contributed by atoms with Crippen molar-refractivity contribution in [1.29, 1.82) is 0 Å². The Morgan fingerprint density at radius 1 is 1.04 bits per heavy atom. The number of rotatable bonds is 12. The van der Waals surface area contributed by atoms with Gasteiger partial charge in [-0.15, -0.1) is 0 Å². The molecule has 0 saturated carbocycles. The number of anilines is 1. The average molecular weight is 676 g/mol. The number of hydrogen-bond donors (Lipinski definition) is 2. The fourth-order valence-electron chi connectivity index (χ4n) is 4.86. The van der Waals surface area contributed by atoms with E-state index in [1.807, 2.05) is 0 Å². The number of pyridine rings is 1. The third-order valence-corrected chi connectivity index (χ3v) is 9.00. The van der Waals surface area contributed by atoms with Crippen molar-refractivity contribution in [3.8, 4) is 5.75 Å². The van der Waals surface area contributed by atoms with Crippen LogP contribution < -0.4 is 15.0 Å². The highest BCUT2D eigenvalue weighted by Gasteiger charge is 2.36. The van der Waals surface area contributed by atoms with Gasteiger partial charge in [-0.3, -0.25) is 4.79 Å². The van der Waals surface area contributed by atoms with E-state index in [1.165, 1.54) is 49.5 Å². The first-order valence-corrected chi connectivity index (χ1v) is 15.7. The lowest BCUT2D eigenvalue weighted by Crippen LogP contribution is -2.35. The Morgan fingerprint density at radius 3 is 2.26 bits per heavy atom. The molecule has 46 heavy (non-hydrogen) atoms. The van der Waals surface area contributed by atoms with Gasteiger partial charge in [-0.2, -0.15) is 26.3 Å². The zero-order valence-corrected chi connectivity index (χ0v) is 25.2. The summed E-state index contributed by atoms with van der Waals surface area (Å²) in [6, 6.07) is 11.2. The zero-order valence-electron chi connectivity index (χ0n) is 24.4. The molecule has 2 N–H and O–H groups in total. The van der Waals surface area contributed by atoms with Crippen molar-refractivity contribution in [2.75, 3.05) is 37.0 Å². The van der Waals surface area contributed by atoms with Gasteiger partial charge in [-0.1, -0.05) is 19.1 Å². The molecule has 9 nitrogen and oxygen atoms in total. The molecule has 1 unspecified atom stereocenters. The summed E-state index contributed by atoms with van der Waals surface area (Å²) in [6.07, 6.45) is -8.27. The molecule has 1 amide bonds. The fourth-order valence-corrected chi connectivity index (χ4v) is 5.75. The van der Waals surface area contributed by atoms with Gasteiger partial charge in [0, 0.05) is 12.6 Å². The number of ether oxygens (including phenoxy) is 2. The predicted molar refractivity (Wildman–Crippen MR) is 154 cm³/mol. The maximum atomic E-state index is 12.9. The minimum Gasteiger partial charge on any atom is -0.489 e. The molecule has 16 heteroatoms. The second-order valence-electron chi connectivity index (χ2n) is 10.5. The van der Waals surface area contributed by atoms with Crippen LogP contribution in [-0.2, 0) is 20.8 Å². The number of alkyl halides is 6. The number of aromatic nitrogens is 1. The van der Waals surface area contributed by atoms with Crippen molar-refractivity contribution in [3.05, 3.63) is 83.6 Å². The first-order valence-electron chi connectivity index (χ1n) is 14.0. The van der Waals surface area contributed by atoms with E-state index in [0.29, 0.717) is 11.4 Å². The van der Waals surface area contributed by atoms with Gasteiger partial charge >= 0.3 is 12.4 Å². The first kappa shape index (κ1) is 35.0. The minimum absolute atomic E-state index is 0.0822. The van der Waals surface area contributed by atoms with Gasteiger partial charge < -0.3 is 24.8 Å². The van der Waals surface area contributed by atoms with E-state index in [2.05, 4.69) is 10.3 Å². The Labute approximate surface area is 261 Å². The standard InChI is InChI=1S/C30H31F6N3O6S/c1-2-46(42,43)25-10-3-19(4-11-25)26(16-40)38-28(41)20-5-12-27(37-14-20)39-15-24(13-22(39)17-44-18-29(31,32)33)45-23-8-6-21(7-9-23)30(34,35)36/h3-12,14,22,24,26,40H,2,13,15-18H2,1H3,(H,38,41)/t22-,24?,26-/m0/s1. The number of amides is 1. The normalized spacial score (nSPS) is 18.0. The smallest absolute Gasteiger partial charge is 0.416 e. The lowest BCUT2D eigenvalue weighted by Gasteiger charge is -2.25. The second-order valence-corrected chi connectivity index (χ2v) is 12.8. The number of benzene rings is 2. The summed E-state index contributed by atoms with van der Waals surface area (Å²) < 4.78 is 112. The number of aliphatic hydroxyl groups is 1. The molecule has 0 radical (unpaired) electrons. The van der Waals surface area contributed by atoms with Crippen LogP contribution in [0.2, 0.25) is 0 Å². The van der Waals surface area contributed by atoms with Gasteiger partial charge in [0.15, 0.2) is 9.84 Å². The summed E-state index contributed by atoms with van der Waals surface area (Å²) in [5, 5.41) is 12.5. The Hall–Kier alpha value is -3.89. The van der Waals surface area contributed by atoms with E-state index < -0.39 is 65.1 Å².